The van der Waals surface area contributed by atoms with E-state index < -0.39 is 21.4 Å². The zero-order chi connectivity index (χ0) is 15.5. The van der Waals surface area contributed by atoms with Crippen LogP contribution in [0.3, 0.4) is 0 Å². The average molecular weight is 310 g/mol. The van der Waals surface area contributed by atoms with Crippen molar-refractivity contribution >= 4 is 15.7 Å². The van der Waals surface area contributed by atoms with Crippen molar-refractivity contribution in [2.24, 2.45) is 5.73 Å². The van der Waals surface area contributed by atoms with Gasteiger partial charge in [0.25, 0.3) is 0 Å². The first-order valence-electron chi connectivity index (χ1n) is 7.12. The van der Waals surface area contributed by atoms with Gasteiger partial charge < -0.3 is 11.1 Å². The maximum absolute atomic E-state index is 12.1. The van der Waals surface area contributed by atoms with Crippen molar-refractivity contribution in [2.75, 3.05) is 11.5 Å². The Morgan fingerprint density at radius 1 is 1.38 bits per heavy atom. The van der Waals surface area contributed by atoms with Gasteiger partial charge in [0, 0.05) is 0 Å². The molecule has 1 aromatic carbocycles. The van der Waals surface area contributed by atoms with Crippen LogP contribution in [0.15, 0.2) is 30.3 Å². The summed E-state index contributed by atoms with van der Waals surface area (Å²) in [5.74, 6) is -0.147. The van der Waals surface area contributed by atoms with Crippen molar-refractivity contribution in [1.82, 2.24) is 5.32 Å². The third-order valence-corrected chi connectivity index (χ3v) is 5.76. The van der Waals surface area contributed by atoms with Gasteiger partial charge in [0.15, 0.2) is 9.84 Å². The maximum Gasteiger partial charge on any atom is 0.237 e. The summed E-state index contributed by atoms with van der Waals surface area (Å²) in [6.07, 6.45) is 1.72. The molecular formula is C15H22N2O3S. The Morgan fingerprint density at radius 2 is 2.05 bits per heavy atom. The van der Waals surface area contributed by atoms with Gasteiger partial charge in [0.1, 0.15) is 0 Å². The second kappa shape index (κ2) is 6.15. The number of amides is 1. The van der Waals surface area contributed by atoms with Crippen LogP contribution in [-0.4, -0.2) is 37.4 Å². The predicted octanol–water partition coefficient (Wildman–Crippen LogP) is 0.640. The number of carbonyl (C=O) groups excluding carboxylic acids is 1. The molecule has 3 N–H and O–H groups in total. The second-order valence-electron chi connectivity index (χ2n) is 6.02. The van der Waals surface area contributed by atoms with Crippen LogP contribution in [0.1, 0.15) is 25.3 Å². The number of nitrogens with two attached hydrogens (primary N) is 1. The highest BCUT2D eigenvalue weighted by Gasteiger charge is 2.40. The topological polar surface area (TPSA) is 89.3 Å². The van der Waals surface area contributed by atoms with E-state index in [1.165, 1.54) is 0 Å². The molecular weight excluding hydrogens is 288 g/mol. The van der Waals surface area contributed by atoms with Crippen molar-refractivity contribution < 1.29 is 13.2 Å². The highest BCUT2D eigenvalue weighted by atomic mass is 32.2. The van der Waals surface area contributed by atoms with Gasteiger partial charge >= 0.3 is 0 Å². The highest BCUT2D eigenvalue weighted by molar-refractivity contribution is 7.91. The van der Waals surface area contributed by atoms with E-state index in [0.29, 0.717) is 12.8 Å². The number of benzene rings is 1. The van der Waals surface area contributed by atoms with Gasteiger partial charge in [-0.05, 0) is 31.7 Å². The smallest absolute Gasteiger partial charge is 0.237 e. The molecule has 0 saturated carbocycles. The van der Waals surface area contributed by atoms with Crippen molar-refractivity contribution in [3.8, 4) is 0 Å². The first-order valence-corrected chi connectivity index (χ1v) is 8.94. The first-order chi connectivity index (χ1) is 9.80. The van der Waals surface area contributed by atoms with Gasteiger partial charge in [0.05, 0.1) is 23.1 Å². The van der Waals surface area contributed by atoms with E-state index >= 15 is 0 Å². The van der Waals surface area contributed by atoms with Gasteiger partial charge in [0.2, 0.25) is 5.91 Å². The Kier molecular flexibility index (Phi) is 4.68. The van der Waals surface area contributed by atoms with E-state index in [2.05, 4.69) is 5.32 Å². The lowest BCUT2D eigenvalue weighted by atomic mass is 10.00. The lowest BCUT2D eigenvalue weighted by Gasteiger charge is -2.25. The molecule has 0 spiro atoms. The first kappa shape index (κ1) is 16.0. The summed E-state index contributed by atoms with van der Waals surface area (Å²) in [6, 6.07) is 9.21. The number of hydrogen-bond acceptors (Lipinski definition) is 4. The maximum atomic E-state index is 12.1. The summed E-state index contributed by atoms with van der Waals surface area (Å²) in [5.41, 5.74) is 6.36. The van der Waals surface area contributed by atoms with E-state index in [9.17, 15) is 13.2 Å². The fourth-order valence-corrected chi connectivity index (χ4v) is 4.69. The molecule has 1 aromatic rings. The SMILES string of the molecule is CC1(NC(=O)C(N)CCc2ccccc2)CCS(=O)(=O)C1. The Morgan fingerprint density at radius 3 is 2.62 bits per heavy atom. The van der Waals surface area contributed by atoms with E-state index in [1.807, 2.05) is 30.3 Å². The molecule has 0 bridgehead atoms. The van der Waals surface area contributed by atoms with E-state index in [-0.39, 0.29) is 17.4 Å². The van der Waals surface area contributed by atoms with Gasteiger partial charge in [-0.25, -0.2) is 8.42 Å². The van der Waals surface area contributed by atoms with Crippen molar-refractivity contribution in [2.45, 2.75) is 37.8 Å². The van der Waals surface area contributed by atoms with Crippen molar-refractivity contribution in [3.63, 3.8) is 0 Å². The van der Waals surface area contributed by atoms with Crippen LogP contribution in [0.5, 0.6) is 0 Å². The number of nitrogens with one attached hydrogen (secondary N) is 1. The molecule has 2 rings (SSSR count). The number of sulfone groups is 1. The normalized spacial score (nSPS) is 25.4. The minimum absolute atomic E-state index is 0.00283. The van der Waals surface area contributed by atoms with Gasteiger partial charge in [-0.15, -0.1) is 0 Å². The summed E-state index contributed by atoms with van der Waals surface area (Å²) in [5, 5.41) is 2.80. The number of rotatable bonds is 5. The molecule has 1 aliphatic rings. The Labute approximate surface area is 125 Å². The molecule has 0 aliphatic carbocycles. The molecule has 21 heavy (non-hydrogen) atoms. The minimum atomic E-state index is -3.04. The largest absolute Gasteiger partial charge is 0.349 e. The molecule has 1 fully saturated rings. The fourth-order valence-electron chi connectivity index (χ4n) is 2.60. The zero-order valence-electron chi connectivity index (χ0n) is 12.2. The third kappa shape index (κ3) is 4.54. The van der Waals surface area contributed by atoms with Crippen LogP contribution in [0.2, 0.25) is 0 Å². The Hall–Kier alpha value is -1.40. The van der Waals surface area contributed by atoms with Crippen LogP contribution in [0, 0.1) is 0 Å². The van der Waals surface area contributed by atoms with Gasteiger partial charge in [-0.3, -0.25) is 4.79 Å². The number of aryl methyl sites for hydroxylation is 1. The molecule has 1 aliphatic heterocycles. The zero-order valence-corrected chi connectivity index (χ0v) is 13.0. The molecule has 6 heteroatoms. The molecule has 5 nitrogen and oxygen atoms in total. The lowest BCUT2D eigenvalue weighted by Crippen LogP contribution is -2.52. The quantitative estimate of drug-likeness (QED) is 0.835. The summed E-state index contributed by atoms with van der Waals surface area (Å²) in [6.45, 7) is 1.76. The van der Waals surface area contributed by atoms with Crippen LogP contribution in [0.25, 0.3) is 0 Å². The molecule has 1 heterocycles. The van der Waals surface area contributed by atoms with Gasteiger partial charge in [-0.1, -0.05) is 30.3 Å². The molecule has 1 amide bonds. The number of carbonyl (C=O) groups is 1. The van der Waals surface area contributed by atoms with E-state index in [4.69, 9.17) is 5.73 Å². The summed E-state index contributed by atoms with van der Waals surface area (Å²) in [4.78, 5) is 12.1. The van der Waals surface area contributed by atoms with E-state index in [1.54, 1.807) is 6.92 Å². The molecule has 116 valence electrons. The predicted molar refractivity (Wildman–Crippen MR) is 82.6 cm³/mol. The van der Waals surface area contributed by atoms with Crippen molar-refractivity contribution in [1.29, 1.82) is 0 Å². The van der Waals surface area contributed by atoms with E-state index in [0.717, 1.165) is 12.0 Å². The molecule has 1 saturated heterocycles. The van der Waals surface area contributed by atoms with Crippen LogP contribution >= 0.6 is 0 Å². The minimum Gasteiger partial charge on any atom is -0.349 e. The average Bonchev–Trinajstić information content (AvgIpc) is 2.70. The molecule has 2 unspecified atom stereocenters. The Balaban J connectivity index is 1.86. The van der Waals surface area contributed by atoms with Crippen LogP contribution in [-0.2, 0) is 21.1 Å². The summed E-state index contributed by atoms with van der Waals surface area (Å²) >= 11 is 0. The van der Waals surface area contributed by atoms with Gasteiger partial charge in [-0.2, -0.15) is 0 Å². The molecule has 0 radical (unpaired) electrons. The van der Waals surface area contributed by atoms with Crippen molar-refractivity contribution in [3.05, 3.63) is 35.9 Å². The lowest BCUT2D eigenvalue weighted by molar-refractivity contribution is -0.124. The molecule has 0 aromatic heterocycles. The third-order valence-electron chi connectivity index (χ3n) is 3.85. The second-order valence-corrected chi connectivity index (χ2v) is 8.21. The molecule has 2 atom stereocenters. The monoisotopic (exact) mass is 310 g/mol. The number of hydrogen-bond donors (Lipinski definition) is 2. The standard InChI is InChI=1S/C15H22N2O3S/c1-15(9-10-21(19,20)11-15)17-14(18)13(16)8-7-12-5-3-2-4-6-12/h2-6,13H,7-11,16H2,1H3,(H,17,18). The summed E-state index contributed by atoms with van der Waals surface area (Å²) in [7, 11) is -3.04. The van der Waals surface area contributed by atoms with Crippen LogP contribution in [0.4, 0.5) is 0 Å². The van der Waals surface area contributed by atoms with Crippen LogP contribution < -0.4 is 11.1 Å². The highest BCUT2D eigenvalue weighted by Crippen LogP contribution is 2.22. The fraction of sp³-hybridized carbons (Fsp3) is 0.533. The summed E-state index contributed by atoms with van der Waals surface area (Å²) < 4.78 is 23.1. The Bertz CT molecular complexity index is 601.